The molecule has 4 fully saturated rings. The van der Waals surface area contributed by atoms with Crippen LogP contribution in [0.15, 0.2) is 12.7 Å². The minimum atomic E-state index is -0.958. The molecule has 0 aromatic carbocycles. The van der Waals surface area contributed by atoms with Gasteiger partial charge in [-0.2, -0.15) is 0 Å². The summed E-state index contributed by atoms with van der Waals surface area (Å²) in [6, 6.07) is -2.85. The molecule has 4 aliphatic rings. The number of amides is 3. The van der Waals surface area contributed by atoms with Crippen molar-refractivity contribution in [2.24, 2.45) is 40.4 Å². The topological polar surface area (TPSA) is 130 Å². The molecule has 0 aromatic heterocycles. The Labute approximate surface area is 280 Å². The molecule has 3 saturated carbocycles. The van der Waals surface area contributed by atoms with Gasteiger partial charge in [-0.15, -0.1) is 18.9 Å². The third-order valence-corrected chi connectivity index (χ3v) is 11.2. The second-order valence-corrected chi connectivity index (χ2v) is 16.1. The van der Waals surface area contributed by atoms with E-state index in [0.29, 0.717) is 13.0 Å². The fourth-order valence-electron chi connectivity index (χ4n) is 8.05. The number of carbonyl (C=O) groups is 6. The van der Waals surface area contributed by atoms with E-state index in [4.69, 9.17) is 6.42 Å². The van der Waals surface area contributed by atoms with E-state index in [1.54, 1.807) is 11.0 Å². The molecule has 6 atom stereocenters. The van der Waals surface area contributed by atoms with Gasteiger partial charge in [0.1, 0.15) is 6.04 Å². The Hall–Kier alpha value is -3.28. The molecule has 9 nitrogen and oxygen atoms in total. The Morgan fingerprint density at radius 1 is 1.02 bits per heavy atom. The van der Waals surface area contributed by atoms with Crippen LogP contribution in [0.2, 0.25) is 0 Å². The number of urea groups is 1. The van der Waals surface area contributed by atoms with Gasteiger partial charge in [-0.1, -0.05) is 60.0 Å². The predicted octanol–water partition coefficient (Wildman–Crippen LogP) is 5.20. The standard InChI is InChI=1S/C38H55N3O6/c1-8-10-15-25(32(44)27(42)18-11-9-2)21-28(43)31-29-26(38(29,6)7)22-41(31)35(46)34(37(3,4)5)40-36(47)39-30(33(45)24-19-20-24)23-16-13-12-14-17-23/h1,9,23-26,29-31,34H,2,10-22H2,3-7H3,(H2,39,40,47)/t25?,26-,29-,30-,31+,34+/m0/s1. The number of Topliss-reactive ketones (excluding diaryl/α,β-unsaturated/α-hetero) is 4. The predicted molar refractivity (Wildman–Crippen MR) is 180 cm³/mol. The number of terminal acetylenes is 1. The lowest BCUT2D eigenvalue weighted by atomic mass is 9.81. The molecule has 2 N–H and O–H groups in total. The van der Waals surface area contributed by atoms with Crippen molar-refractivity contribution in [1.29, 1.82) is 0 Å². The van der Waals surface area contributed by atoms with Gasteiger partial charge in [0.25, 0.3) is 0 Å². The summed E-state index contributed by atoms with van der Waals surface area (Å²) in [6.07, 6.45) is 14.4. The van der Waals surface area contributed by atoms with Crippen molar-refractivity contribution in [1.82, 2.24) is 15.5 Å². The summed E-state index contributed by atoms with van der Waals surface area (Å²) in [4.78, 5) is 82.7. The van der Waals surface area contributed by atoms with Crippen LogP contribution in [-0.4, -0.2) is 64.6 Å². The van der Waals surface area contributed by atoms with E-state index in [1.807, 2.05) is 20.8 Å². The van der Waals surface area contributed by atoms with Crippen molar-refractivity contribution in [2.45, 2.75) is 130 Å². The van der Waals surface area contributed by atoms with Crippen LogP contribution in [0.4, 0.5) is 4.79 Å². The van der Waals surface area contributed by atoms with Crippen LogP contribution >= 0.6 is 0 Å². The van der Waals surface area contributed by atoms with E-state index in [2.05, 4.69) is 37.0 Å². The van der Waals surface area contributed by atoms with Crippen LogP contribution in [-0.2, 0) is 24.0 Å². The van der Waals surface area contributed by atoms with Crippen LogP contribution in [0, 0.1) is 52.8 Å². The highest BCUT2D eigenvalue weighted by Crippen LogP contribution is 2.65. The lowest BCUT2D eigenvalue weighted by molar-refractivity contribution is -0.144. The van der Waals surface area contributed by atoms with Crippen LogP contribution in [0.1, 0.15) is 112 Å². The average molecular weight is 650 g/mol. The second kappa shape index (κ2) is 14.9. The smallest absolute Gasteiger partial charge is 0.316 e. The number of fused-ring (bicyclic) bond motifs is 1. The van der Waals surface area contributed by atoms with E-state index in [0.717, 1.165) is 44.9 Å². The van der Waals surface area contributed by atoms with E-state index in [-0.39, 0.29) is 72.2 Å². The second-order valence-electron chi connectivity index (χ2n) is 16.1. The van der Waals surface area contributed by atoms with Crippen molar-refractivity contribution in [2.75, 3.05) is 6.54 Å². The van der Waals surface area contributed by atoms with Crippen molar-refractivity contribution in [3.05, 3.63) is 12.7 Å². The zero-order valence-electron chi connectivity index (χ0n) is 29.1. The van der Waals surface area contributed by atoms with Gasteiger partial charge in [-0.05, 0) is 67.1 Å². The zero-order chi connectivity index (χ0) is 34.7. The lowest BCUT2D eigenvalue weighted by Gasteiger charge is -2.38. The Balaban J connectivity index is 1.52. The molecule has 1 heterocycles. The highest BCUT2D eigenvalue weighted by atomic mass is 16.2. The summed E-state index contributed by atoms with van der Waals surface area (Å²) >= 11 is 0. The third kappa shape index (κ3) is 8.42. The summed E-state index contributed by atoms with van der Waals surface area (Å²) in [5, 5.41) is 5.89. The molecular weight excluding hydrogens is 594 g/mol. The lowest BCUT2D eigenvalue weighted by Crippen LogP contribution is -2.61. The molecule has 3 amide bonds. The van der Waals surface area contributed by atoms with Gasteiger partial charge in [-0.25, -0.2) is 4.79 Å². The zero-order valence-corrected chi connectivity index (χ0v) is 29.1. The van der Waals surface area contributed by atoms with Gasteiger partial charge in [0.05, 0.1) is 12.1 Å². The minimum Gasteiger partial charge on any atom is -0.330 e. The van der Waals surface area contributed by atoms with Crippen molar-refractivity contribution in [3.8, 4) is 12.3 Å². The molecule has 0 bridgehead atoms. The summed E-state index contributed by atoms with van der Waals surface area (Å²) in [5.74, 6) is 0.118. The third-order valence-electron chi connectivity index (χ3n) is 11.2. The minimum absolute atomic E-state index is 0.00217. The first-order valence-corrected chi connectivity index (χ1v) is 17.7. The fourth-order valence-corrected chi connectivity index (χ4v) is 8.05. The normalized spacial score (nSPS) is 25.4. The largest absolute Gasteiger partial charge is 0.330 e. The molecule has 1 saturated heterocycles. The maximum Gasteiger partial charge on any atom is 0.316 e. The van der Waals surface area contributed by atoms with Crippen LogP contribution in [0.3, 0.4) is 0 Å². The van der Waals surface area contributed by atoms with Gasteiger partial charge >= 0.3 is 6.03 Å². The SMILES string of the molecule is C#CCCC(CC(=O)[C@@H]1[C@@H]2[C@H](CN1C(=O)[C@@H](NC(=O)N[C@H](C(=O)C1CC1)C1CCCCC1)C(C)(C)C)C2(C)C)C(=O)C(=O)CCC=C. The van der Waals surface area contributed by atoms with E-state index < -0.39 is 47.1 Å². The van der Waals surface area contributed by atoms with E-state index in [9.17, 15) is 28.8 Å². The molecule has 4 rings (SSSR count). The molecule has 0 aromatic rings. The number of likely N-dealkylation sites (tertiary alicyclic amines) is 1. The van der Waals surface area contributed by atoms with Crippen LogP contribution in [0.25, 0.3) is 0 Å². The fraction of sp³-hybridized carbons (Fsp3) is 0.737. The monoisotopic (exact) mass is 649 g/mol. The van der Waals surface area contributed by atoms with Gasteiger partial charge in [0, 0.05) is 37.6 Å². The first-order valence-electron chi connectivity index (χ1n) is 17.7. The Bertz CT molecular complexity index is 1290. The van der Waals surface area contributed by atoms with Gasteiger partial charge in [0.2, 0.25) is 11.7 Å². The Morgan fingerprint density at radius 3 is 2.26 bits per heavy atom. The number of nitrogens with zero attached hydrogens (tertiary/aromatic N) is 1. The molecule has 0 radical (unpaired) electrons. The molecule has 0 spiro atoms. The highest BCUT2D eigenvalue weighted by molar-refractivity contribution is 6.38. The molecule has 258 valence electrons. The van der Waals surface area contributed by atoms with Crippen molar-refractivity contribution >= 4 is 35.1 Å². The van der Waals surface area contributed by atoms with Crippen LogP contribution < -0.4 is 10.6 Å². The highest BCUT2D eigenvalue weighted by Gasteiger charge is 2.69. The Kier molecular flexibility index (Phi) is 11.6. The maximum atomic E-state index is 14.4. The van der Waals surface area contributed by atoms with Crippen molar-refractivity contribution in [3.63, 3.8) is 0 Å². The van der Waals surface area contributed by atoms with Gasteiger partial charge < -0.3 is 15.5 Å². The summed E-state index contributed by atoms with van der Waals surface area (Å²) in [7, 11) is 0. The summed E-state index contributed by atoms with van der Waals surface area (Å²) in [6.45, 7) is 13.7. The number of allylic oxidation sites excluding steroid dienone is 1. The number of hydrogen-bond donors (Lipinski definition) is 2. The van der Waals surface area contributed by atoms with Crippen molar-refractivity contribution < 1.29 is 28.8 Å². The number of hydrogen-bond acceptors (Lipinski definition) is 6. The molecule has 1 aliphatic heterocycles. The summed E-state index contributed by atoms with van der Waals surface area (Å²) in [5.41, 5.74) is -0.859. The number of ketones is 4. The maximum absolute atomic E-state index is 14.4. The first kappa shape index (κ1) is 36.6. The van der Waals surface area contributed by atoms with Gasteiger partial charge in [0.15, 0.2) is 17.3 Å². The average Bonchev–Trinajstić information content (AvgIpc) is 3.91. The molecule has 3 aliphatic carbocycles. The first-order chi connectivity index (χ1) is 22.1. The molecule has 9 heteroatoms. The van der Waals surface area contributed by atoms with Gasteiger partial charge in [-0.3, -0.25) is 24.0 Å². The summed E-state index contributed by atoms with van der Waals surface area (Å²) < 4.78 is 0. The van der Waals surface area contributed by atoms with Crippen LogP contribution in [0.5, 0.6) is 0 Å². The molecular formula is C38H55N3O6. The number of carbonyl (C=O) groups excluding carboxylic acids is 6. The number of nitrogens with one attached hydrogen (secondary N) is 2. The Morgan fingerprint density at radius 2 is 1.68 bits per heavy atom. The van der Waals surface area contributed by atoms with E-state index in [1.165, 1.54) is 0 Å². The molecule has 47 heavy (non-hydrogen) atoms. The quantitative estimate of drug-likeness (QED) is 0.134. The number of rotatable bonds is 16. The number of piperidine rings is 1. The molecule has 1 unspecified atom stereocenters. The van der Waals surface area contributed by atoms with E-state index >= 15 is 0 Å².